The maximum atomic E-state index is 12.9. The minimum Gasteiger partial charge on any atom is -0.462 e. The highest BCUT2D eigenvalue weighted by atomic mass is 31.2. The molecule has 2 atom stereocenters. The molecule has 0 rings (SSSR count). The Bertz CT molecular complexity index is 1720. The molecule has 0 aliphatic heterocycles. The second-order valence-corrected chi connectivity index (χ2v) is 30.9. The molecule has 0 radical (unpaired) electrons. The van der Waals surface area contributed by atoms with Crippen molar-refractivity contribution in [3.8, 4) is 0 Å². The van der Waals surface area contributed by atoms with E-state index in [2.05, 4.69) is 62.5 Å². The number of esters is 2. The van der Waals surface area contributed by atoms with Gasteiger partial charge in [0.25, 0.3) is 0 Å². The zero-order valence-electron chi connectivity index (χ0n) is 63.5. The van der Waals surface area contributed by atoms with E-state index in [9.17, 15) is 19.0 Å². The molecule has 1 N–H and O–H groups in total. The summed E-state index contributed by atoms with van der Waals surface area (Å²) in [6.07, 6.45) is 100. The monoisotopic (exact) mass is 1340 g/mol. The number of carbonyl (C=O) groups excluding carboxylic acids is 2. The molecule has 0 aromatic rings. The average molecular weight is 1340 g/mol. The lowest BCUT2D eigenvalue weighted by Gasteiger charge is -2.24. The maximum absolute atomic E-state index is 12.9. The third-order valence-electron chi connectivity index (χ3n) is 18.9. The van der Waals surface area contributed by atoms with Crippen LogP contribution in [0.25, 0.3) is 0 Å². The van der Waals surface area contributed by atoms with Crippen LogP contribution in [0, 0.1) is 0 Å². The fourth-order valence-electron chi connectivity index (χ4n) is 12.6. The molecule has 94 heavy (non-hydrogen) atoms. The van der Waals surface area contributed by atoms with Gasteiger partial charge < -0.3 is 18.9 Å². The zero-order chi connectivity index (χ0) is 68.3. The maximum Gasteiger partial charge on any atom is 0.472 e. The molecule has 0 fully saturated rings. The number of rotatable bonds is 78. The molecule has 0 aromatic heterocycles. The first kappa shape index (κ1) is 92.0. The number of likely N-dealkylation sites (N-methyl/N-ethyl adjacent to an activating group) is 1. The predicted octanol–water partition coefficient (Wildman–Crippen LogP) is 27.5. The number of allylic oxidation sites excluding steroid dienone is 8. The van der Waals surface area contributed by atoms with Crippen molar-refractivity contribution in [2.24, 2.45) is 0 Å². The second-order valence-electron chi connectivity index (χ2n) is 29.5. The van der Waals surface area contributed by atoms with E-state index in [0.29, 0.717) is 23.9 Å². The average Bonchev–Trinajstić information content (AvgIpc) is 1.65. The van der Waals surface area contributed by atoms with Crippen LogP contribution in [-0.2, 0) is 32.7 Å². The smallest absolute Gasteiger partial charge is 0.462 e. The molecule has 9 nitrogen and oxygen atoms in total. The Morgan fingerprint density at radius 3 is 0.904 bits per heavy atom. The van der Waals surface area contributed by atoms with Gasteiger partial charge in [-0.25, -0.2) is 4.57 Å². The van der Waals surface area contributed by atoms with Gasteiger partial charge >= 0.3 is 19.8 Å². The Morgan fingerprint density at radius 2 is 0.606 bits per heavy atom. The SMILES string of the molecule is CC/C=C\C/C=C\C/C=C\C/C=C\CCCCCCCCCCCCCCCCCCC(=O)OC(COC(=O)CCCCCCCCCCCCCCCCCCCCCCCCCCCCCCCCCCCCCCCCCCC)COP(=O)(O)OCC[N+](C)(C)C. The third-order valence-corrected chi connectivity index (χ3v) is 19.9. The summed E-state index contributed by atoms with van der Waals surface area (Å²) in [5.41, 5.74) is 0. The predicted molar refractivity (Wildman–Crippen MR) is 409 cm³/mol. The molecular formula is C84H161NO8P+. The molecule has 554 valence electrons. The van der Waals surface area contributed by atoms with Gasteiger partial charge in [0.15, 0.2) is 6.10 Å². The van der Waals surface area contributed by atoms with E-state index < -0.39 is 26.5 Å². The first-order valence-corrected chi connectivity index (χ1v) is 42.9. The molecule has 0 heterocycles. The highest BCUT2D eigenvalue weighted by molar-refractivity contribution is 7.47. The molecule has 0 bridgehead atoms. The summed E-state index contributed by atoms with van der Waals surface area (Å²) in [7, 11) is 1.50. The molecule has 0 amide bonds. The van der Waals surface area contributed by atoms with E-state index in [1.807, 2.05) is 21.1 Å². The number of phosphoric ester groups is 1. The highest BCUT2D eigenvalue weighted by Gasteiger charge is 2.27. The lowest BCUT2D eigenvalue weighted by Crippen LogP contribution is -2.37. The molecule has 0 saturated carbocycles. The molecule has 0 spiro atoms. The first-order valence-electron chi connectivity index (χ1n) is 41.4. The number of nitrogens with zero attached hydrogens (tertiary/aromatic N) is 1. The zero-order valence-corrected chi connectivity index (χ0v) is 64.4. The van der Waals surface area contributed by atoms with E-state index in [1.54, 1.807) is 0 Å². The van der Waals surface area contributed by atoms with Crippen molar-refractivity contribution in [1.29, 1.82) is 0 Å². The molecule has 10 heteroatoms. The quantitative estimate of drug-likeness (QED) is 0.0211. The summed E-state index contributed by atoms with van der Waals surface area (Å²) in [5, 5.41) is 0. The molecular weight excluding hydrogens is 1180 g/mol. The van der Waals surface area contributed by atoms with Gasteiger partial charge in [-0.1, -0.05) is 409 Å². The topological polar surface area (TPSA) is 108 Å². The first-order chi connectivity index (χ1) is 46.0. The Kier molecular flexibility index (Phi) is 73.6. The fourth-order valence-corrected chi connectivity index (χ4v) is 13.3. The van der Waals surface area contributed by atoms with Gasteiger partial charge in [-0.05, 0) is 51.4 Å². The number of unbranched alkanes of at least 4 members (excludes halogenated alkanes) is 56. The number of phosphoric acid groups is 1. The van der Waals surface area contributed by atoms with Gasteiger partial charge in [0.1, 0.15) is 19.8 Å². The van der Waals surface area contributed by atoms with Crippen molar-refractivity contribution >= 4 is 19.8 Å². The van der Waals surface area contributed by atoms with E-state index in [4.69, 9.17) is 18.5 Å². The largest absolute Gasteiger partial charge is 0.472 e. The van der Waals surface area contributed by atoms with Crippen LogP contribution >= 0.6 is 7.82 Å². The second kappa shape index (κ2) is 75.2. The molecule has 0 saturated heterocycles. The Morgan fingerprint density at radius 1 is 0.340 bits per heavy atom. The van der Waals surface area contributed by atoms with Gasteiger partial charge in [-0.3, -0.25) is 18.6 Å². The number of hydrogen-bond acceptors (Lipinski definition) is 7. The lowest BCUT2D eigenvalue weighted by atomic mass is 10.0. The fraction of sp³-hybridized carbons (Fsp3) is 0.881. The van der Waals surface area contributed by atoms with Crippen LogP contribution in [0.3, 0.4) is 0 Å². The number of hydrogen-bond donors (Lipinski definition) is 1. The van der Waals surface area contributed by atoms with Crippen LogP contribution in [0.2, 0.25) is 0 Å². The van der Waals surface area contributed by atoms with Crippen LogP contribution in [0.4, 0.5) is 0 Å². The standard InChI is InChI=1S/C84H160NO8P/c1-6-8-10-12-14-16-18-20-22-24-26-28-30-32-34-36-37-38-39-40-41-42-43-44-45-46-47-49-50-52-54-56-58-60-62-64-66-68-70-72-74-76-83(86)90-80-82(81-92-94(88,89)91-79-78-85(3,4)5)93-84(87)77-75-73-71-69-67-65-63-61-59-57-55-53-51-48-35-33-31-29-27-25-23-21-19-17-15-13-11-9-7-2/h9,11,15,17,21,23,27,29,82H,6-8,10,12-14,16,18-20,22,24-26,28,30-81H2,1-5H3/p+1/b11-9-,17-15-,23-21-,29-27-. The van der Waals surface area contributed by atoms with E-state index in [1.165, 1.54) is 334 Å². The summed E-state index contributed by atoms with van der Waals surface area (Å²) in [4.78, 5) is 36.0. The number of carbonyl (C=O) groups is 2. The van der Waals surface area contributed by atoms with Crippen molar-refractivity contribution in [2.45, 2.75) is 431 Å². The Balaban J connectivity index is 3.86. The molecule has 0 aromatic carbocycles. The van der Waals surface area contributed by atoms with E-state index >= 15 is 0 Å². The number of ether oxygens (including phenoxy) is 2. The van der Waals surface area contributed by atoms with E-state index in [-0.39, 0.29) is 25.6 Å². The minimum absolute atomic E-state index is 0.0339. The van der Waals surface area contributed by atoms with Crippen molar-refractivity contribution in [1.82, 2.24) is 0 Å². The normalized spacial score (nSPS) is 13.2. The minimum atomic E-state index is -4.39. The molecule has 2 unspecified atom stereocenters. The Hall–Kier alpha value is -2.03. The van der Waals surface area contributed by atoms with Crippen LogP contribution in [0.15, 0.2) is 48.6 Å². The summed E-state index contributed by atoms with van der Waals surface area (Å²) >= 11 is 0. The van der Waals surface area contributed by atoms with Crippen LogP contribution in [0.5, 0.6) is 0 Å². The van der Waals surface area contributed by atoms with Crippen molar-refractivity contribution in [3.63, 3.8) is 0 Å². The third kappa shape index (κ3) is 79.0. The summed E-state index contributed by atoms with van der Waals surface area (Å²) in [6, 6.07) is 0. The number of quaternary nitrogens is 1. The molecule has 0 aliphatic rings. The lowest BCUT2D eigenvalue weighted by molar-refractivity contribution is -0.870. The van der Waals surface area contributed by atoms with Crippen LogP contribution < -0.4 is 0 Å². The summed E-state index contributed by atoms with van der Waals surface area (Å²) in [5.74, 6) is -0.775. The van der Waals surface area contributed by atoms with Crippen LogP contribution in [-0.4, -0.2) is 74.9 Å². The van der Waals surface area contributed by atoms with Crippen molar-refractivity contribution in [2.75, 3.05) is 47.5 Å². The van der Waals surface area contributed by atoms with Crippen molar-refractivity contribution in [3.05, 3.63) is 48.6 Å². The van der Waals surface area contributed by atoms with Gasteiger partial charge in [0.05, 0.1) is 27.7 Å². The van der Waals surface area contributed by atoms with E-state index in [0.717, 1.165) is 57.8 Å². The van der Waals surface area contributed by atoms with Gasteiger partial charge in [0, 0.05) is 12.8 Å². The van der Waals surface area contributed by atoms with Gasteiger partial charge in [0.2, 0.25) is 0 Å². The van der Waals surface area contributed by atoms with Gasteiger partial charge in [-0.15, -0.1) is 0 Å². The van der Waals surface area contributed by atoms with Crippen LogP contribution in [0.1, 0.15) is 425 Å². The van der Waals surface area contributed by atoms with Crippen molar-refractivity contribution < 1.29 is 42.1 Å². The summed E-state index contributed by atoms with van der Waals surface area (Å²) in [6.45, 7) is 4.40. The Labute approximate surface area is 585 Å². The molecule has 0 aliphatic carbocycles. The van der Waals surface area contributed by atoms with Gasteiger partial charge in [-0.2, -0.15) is 0 Å². The summed E-state index contributed by atoms with van der Waals surface area (Å²) < 4.78 is 34.8. The highest BCUT2D eigenvalue weighted by Crippen LogP contribution is 2.43.